The minimum Gasteiger partial charge on any atom is -0.329 e. The number of rotatable bonds is 5. The van der Waals surface area contributed by atoms with E-state index >= 15 is 0 Å². The van der Waals surface area contributed by atoms with Crippen molar-refractivity contribution in [1.82, 2.24) is 4.72 Å². The Kier molecular flexibility index (Phi) is 6.50. The van der Waals surface area contributed by atoms with Gasteiger partial charge < -0.3 is 5.73 Å². The third kappa shape index (κ3) is 4.07. The second-order valence-corrected chi connectivity index (χ2v) is 5.20. The number of sulfonamides is 1. The Balaban J connectivity index is 0.00000289. The van der Waals surface area contributed by atoms with Crippen molar-refractivity contribution in [2.45, 2.75) is 4.90 Å². The minimum absolute atomic E-state index is 0. The van der Waals surface area contributed by atoms with E-state index in [2.05, 4.69) is 4.72 Å². The van der Waals surface area contributed by atoms with Gasteiger partial charge in [-0.2, -0.15) is 0 Å². The van der Waals surface area contributed by atoms with Gasteiger partial charge in [0.15, 0.2) is 0 Å². The van der Waals surface area contributed by atoms with Gasteiger partial charge in [-0.15, -0.1) is 12.4 Å². The van der Waals surface area contributed by atoms with Crippen molar-refractivity contribution in [2.75, 3.05) is 13.1 Å². The predicted molar refractivity (Wildman–Crippen MR) is 69.6 cm³/mol. The smallest absolute Gasteiger partial charge is 0.271 e. The van der Waals surface area contributed by atoms with Crippen LogP contribution in [0, 0.1) is 10.1 Å². The third-order valence-corrected chi connectivity index (χ3v) is 3.80. The van der Waals surface area contributed by atoms with Gasteiger partial charge in [-0.3, -0.25) is 10.1 Å². The zero-order valence-electron chi connectivity index (χ0n) is 9.00. The van der Waals surface area contributed by atoms with Gasteiger partial charge in [0.25, 0.3) is 5.69 Å². The summed E-state index contributed by atoms with van der Waals surface area (Å²) in [5, 5.41) is 10.2. The van der Waals surface area contributed by atoms with Crippen LogP contribution in [-0.4, -0.2) is 26.4 Å². The molecular formula is C8H11Cl2N3O4S. The fraction of sp³-hybridized carbons (Fsp3) is 0.250. The molecule has 0 unspecified atom stereocenters. The largest absolute Gasteiger partial charge is 0.329 e. The van der Waals surface area contributed by atoms with E-state index in [1.54, 1.807) is 0 Å². The first kappa shape index (κ1) is 17.1. The van der Waals surface area contributed by atoms with Crippen LogP contribution in [0.3, 0.4) is 0 Å². The lowest BCUT2D eigenvalue weighted by molar-refractivity contribution is -0.384. The van der Waals surface area contributed by atoms with Crippen LogP contribution in [0.1, 0.15) is 0 Å². The standard InChI is InChI=1S/C8H10ClN3O4S.ClH/c9-7-5-6(12(13)14)1-2-8(7)17(15,16)11-4-3-10;/h1-2,5,11H,3-4,10H2;1H. The summed E-state index contributed by atoms with van der Waals surface area (Å²) in [6.45, 7) is 0.208. The van der Waals surface area contributed by atoms with Crippen LogP contribution >= 0.6 is 24.0 Å². The molecule has 1 aromatic rings. The molecule has 0 saturated carbocycles. The average molecular weight is 316 g/mol. The van der Waals surface area contributed by atoms with Gasteiger partial charge in [-0.25, -0.2) is 13.1 Å². The SMILES string of the molecule is Cl.NCCNS(=O)(=O)c1ccc([N+](=O)[O-])cc1Cl. The maximum Gasteiger partial charge on any atom is 0.271 e. The molecule has 3 N–H and O–H groups in total. The van der Waals surface area contributed by atoms with Crippen LogP contribution in [0.4, 0.5) is 5.69 Å². The number of halogens is 2. The Morgan fingerprint density at radius 1 is 1.44 bits per heavy atom. The number of nitrogens with one attached hydrogen (secondary N) is 1. The van der Waals surface area contributed by atoms with Gasteiger partial charge in [0.1, 0.15) is 4.90 Å². The fourth-order valence-electron chi connectivity index (χ4n) is 1.09. The summed E-state index contributed by atoms with van der Waals surface area (Å²) in [6, 6.07) is 3.14. The summed E-state index contributed by atoms with van der Waals surface area (Å²) < 4.78 is 25.6. The Morgan fingerprint density at radius 3 is 2.50 bits per heavy atom. The maximum atomic E-state index is 11.7. The van der Waals surface area contributed by atoms with E-state index in [0.717, 1.165) is 18.2 Å². The number of nitrogens with zero attached hydrogens (tertiary/aromatic N) is 1. The first-order chi connectivity index (χ1) is 7.88. The molecule has 0 radical (unpaired) electrons. The first-order valence-electron chi connectivity index (χ1n) is 4.52. The molecular weight excluding hydrogens is 305 g/mol. The van der Waals surface area contributed by atoms with Gasteiger partial charge in [0, 0.05) is 25.2 Å². The quantitative estimate of drug-likeness (QED) is 0.619. The van der Waals surface area contributed by atoms with Gasteiger partial charge in [-0.05, 0) is 6.07 Å². The molecule has 0 bridgehead atoms. The first-order valence-corrected chi connectivity index (χ1v) is 6.38. The molecule has 1 rings (SSSR count). The zero-order valence-corrected chi connectivity index (χ0v) is 11.4. The molecule has 1 aromatic carbocycles. The Hall–Kier alpha value is -0.930. The molecule has 0 spiro atoms. The van der Waals surface area contributed by atoms with Crippen molar-refractivity contribution in [3.8, 4) is 0 Å². The predicted octanol–water partition coefficient (Wildman–Crippen LogP) is 0.907. The number of nitro groups is 1. The maximum absolute atomic E-state index is 11.7. The number of hydrogen-bond acceptors (Lipinski definition) is 5. The summed E-state index contributed by atoms with van der Waals surface area (Å²) >= 11 is 5.68. The van der Waals surface area contributed by atoms with Gasteiger partial charge in [-0.1, -0.05) is 11.6 Å². The Labute approximate surface area is 115 Å². The highest BCUT2D eigenvalue weighted by Gasteiger charge is 2.19. The Bertz CT molecular complexity index is 535. The fourth-order valence-corrected chi connectivity index (χ4v) is 2.68. The summed E-state index contributed by atoms with van der Waals surface area (Å²) in [4.78, 5) is 9.58. The molecule has 0 amide bonds. The van der Waals surface area contributed by atoms with Crippen molar-refractivity contribution in [3.63, 3.8) is 0 Å². The van der Waals surface area contributed by atoms with Crippen LogP contribution in [-0.2, 0) is 10.0 Å². The molecule has 0 saturated heterocycles. The lowest BCUT2D eigenvalue weighted by atomic mass is 10.3. The Morgan fingerprint density at radius 2 is 2.06 bits per heavy atom. The van der Waals surface area contributed by atoms with Crippen molar-refractivity contribution < 1.29 is 13.3 Å². The van der Waals surface area contributed by atoms with Crippen molar-refractivity contribution >= 4 is 39.7 Å². The zero-order chi connectivity index (χ0) is 13.1. The monoisotopic (exact) mass is 315 g/mol. The topological polar surface area (TPSA) is 115 Å². The molecule has 10 heteroatoms. The number of hydrogen-bond donors (Lipinski definition) is 2. The molecule has 0 fully saturated rings. The van der Waals surface area contributed by atoms with Gasteiger partial charge in [0.05, 0.1) is 9.95 Å². The van der Waals surface area contributed by atoms with E-state index in [0.29, 0.717) is 0 Å². The lowest BCUT2D eigenvalue weighted by Crippen LogP contribution is -2.29. The van der Waals surface area contributed by atoms with Gasteiger partial charge in [0.2, 0.25) is 10.0 Å². The summed E-state index contributed by atoms with van der Waals surface area (Å²) in [7, 11) is -3.78. The van der Waals surface area contributed by atoms with E-state index in [1.807, 2.05) is 0 Å². The minimum atomic E-state index is -3.78. The van der Waals surface area contributed by atoms with Crippen molar-refractivity contribution in [3.05, 3.63) is 33.3 Å². The van der Waals surface area contributed by atoms with Crippen LogP contribution in [0.5, 0.6) is 0 Å². The van der Waals surface area contributed by atoms with E-state index in [-0.39, 0.29) is 41.1 Å². The highest BCUT2D eigenvalue weighted by molar-refractivity contribution is 7.89. The molecule has 0 aromatic heterocycles. The number of benzene rings is 1. The molecule has 0 heterocycles. The van der Waals surface area contributed by atoms with E-state index in [1.165, 1.54) is 0 Å². The van der Waals surface area contributed by atoms with Gasteiger partial charge >= 0.3 is 0 Å². The number of nitro benzene ring substituents is 1. The number of nitrogens with two attached hydrogens (primary N) is 1. The molecule has 0 aliphatic carbocycles. The molecule has 0 atom stereocenters. The van der Waals surface area contributed by atoms with E-state index in [9.17, 15) is 18.5 Å². The van der Waals surface area contributed by atoms with Crippen LogP contribution in [0.15, 0.2) is 23.1 Å². The van der Waals surface area contributed by atoms with Crippen molar-refractivity contribution in [1.29, 1.82) is 0 Å². The van der Waals surface area contributed by atoms with E-state index < -0.39 is 14.9 Å². The second-order valence-electron chi connectivity index (χ2n) is 3.06. The average Bonchev–Trinajstić information content (AvgIpc) is 2.25. The third-order valence-electron chi connectivity index (χ3n) is 1.85. The molecule has 0 aliphatic rings. The van der Waals surface area contributed by atoms with Crippen LogP contribution in [0.25, 0.3) is 0 Å². The summed E-state index contributed by atoms with van der Waals surface area (Å²) in [5.74, 6) is 0. The number of non-ortho nitro benzene ring substituents is 1. The highest BCUT2D eigenvalue weighted by Crippen LogP contribution is 2.25. The summed E-state index contributed by atoms with van der Waals surface area (Å²) in [6.07, 6.45) is 0. The second kappa shape index (κ2) is 6.86. The summed E-state index contributed by atoms with van der Waals surface area (Å²) in [5.41, 5.74) is 4.90. The molecule has 7 nitrogen and oxygen atoms in total. The highest BCUT2D eigenvalue weighted by atomic mass is 35.5. The normalized spacial score (nSPS) is 10.8. The molecule has 0 aliphatic heterocycles. The van der Waals surface area contributed by atoms with E-state index in [4.69, 9.17) is 17.3 Å². The van der Waals surface area contributed by atoms with Crippen LogP contribution < -0.4 is 10.5 Å². The van der Waals surface area contributed by atoms with Crippen LogP contribution in [0.2, 0.25) is 5.02 Å². The lowest BCUT2D eigenvalue weighted by Gasteiger charge is -2.06. The molecule has 18 heavy (non-hydrogen) atoms. The molecule has 102 valence electrons. The van der Waals surface area contributed by atoms with Crippen molar-refractivity contribution in [2.24, 2.45) is 5.73 Å².